The van der Waals surface area contributed by atoms with E-state index >= 15 is 0 Å². The average Bonchev–Trinajstić information content (AvgIpc) is 2.66. The Morgan fingerprint density at radius 2 is 1.85 bits per heavy atom. The number of hydrogen-bond donors (Lipinski definition) is 2. The molecule has 0 aromatic heterocycles. The predicted octanol–water partition coefficient (Wildman–Crippen LogP) is 1.47. The summed E-state index contributed by atoms with van der Waals surface area (Å²) >= 11 is 0. The highest BCUT2D eigenvalue weighted by molar-refractivity contribution is 5.97. The summed E-state index contributed by atoms with van der Waals surface area (Å²) in [6.07, 6.45) is 0. The molecule has 1 aliphatic heterocycles. The second-order valence-electron chi connectivity index (χ2n) is 6.08. The van der Waals surface area contributed by atoms with Crippen LogP contribution in [0.1, 0.15) is 26.3 Å². The fourth-order valence-electron chi connectivity index (χ4n) is 2.71. The van der Waals surface area contributed by atoms with Crippen molar-refractivity contribution in [2.45, 2.75) is 6.54 Å². The zero-order chi connectivity index (χ0) is 19.4. The first-order valence-electron chi connectivity index (χ1n) is 8.32. The van der Waals surface area contributed by atoms with Crippen LogP contribution in [0.3, 0.4) is 0 Å². The largest absolute Gasteiger partial charge is 0.353 e. The van der Waals surface area contributed by atoms with E-state index in [1.807, 2.05) is 0 Å². The first-order valence-corrected chi connectivity index (χ1v) is 8.32. The fourth-order valence-corrected chi connectivity index (χ4v) is 2.71. The second-order valence-corrected chi connectivity index (χ2v) is 6.08. The molecule has 3 rings (SSSR count). The Kier molecular flexibility index (Phi) is 5.44. The molecule has 0 aliphatic carbocycles. The number of carbonyl (C=O) groups is 3. The SMILES string of the molecule is O=C1CN(C(=O)c2ccc(CNC(=O)c3ccc(F)cc3F)cc2)CCN1. The summed E-state index contributed by atoms with van der Waals surface area (Å²) in [6.45, 7) is 1.02. The number of carbonyl (C=O) groups excluding carboxylic acids is 3. The lowest BCUT2D eigenvalue weighted by atomic mass is 10.1. The van der Waals surface area contributed by atoms with Gasteiger partial charge in [-0.3, -0.25) is 14.4 Å². The van der Waals surface area contributed by atoms with Crippen LogP contribution in [0.15, 0.2) is 42.5 Å². The lowest BCUT2D eigenvalue weighted by molar-refractivity contribution is -0.123. The molecular formula is C19H17F2N3O3. The monoisotopic (exact) mass is 373 g/mol. The highest BCUT2D eigenvalue weighted by Gasteiger charge is 2.22. The first-order chi connectivity index (χ1) is 12.9. The lowest BCUT2D eigenvalue weighted by Gasteiger charge is -2.26. The number of hydrogen-bond acceptors (Lipinski definition) is 3. The highest BCUT2D eigenvalue weighted by Crippen LogP contribution is 2.11. The van der Waals surface area contributed by atoms with Crippen molar-refractivity contribution in [2.75, 3.05) is 19.6 Å². The molecule has 2 aromatic carbocycles. The fraction of sp³-hybridized carbons (Fsp3) is 0.211. The van der Waals surface area contributed by atoms with Gasteiger partial charge in [-0.1, -0.05) is 12.1 Å². The van der Waals surface area contributed by atoms with E-state index in [1.165, 1.54) is 4.90 Å². The van der Waals surface area contributed by atoms with Gasteiger partial charge < -0.3 is 15.5 Å². The molecule has 6 nitrogen and oxygen atoms in total. The molecule has 0 bridgehead atoms. The van der Waals surface area contributed by atoms with Gasteiger partial charge in [0.25, 0.3) is 11.8 Å². The van der Waals surface area contributed by atoms with E-state index in [9.17, 15) is 23.2 Å². The van der Waals surface area contributed by atoms with Crippen molar-refractivity contribution in [1.29, 1.82) is 0 Å². The van der Waals surface area contributed by atoms with Crippen molar-refractivity contribution in [3.05, 3.63) is 70.8 Å². The molecule has 0 atom stereocenters. The van der Waals surface area contributed by atoms with Gasteiger partial charge in [0.05, 0.1) is 12.1 Å². The van der Waals surface area contributed by atoms with Gasteiger partial charge in [0.15, 0.2) is 0 Å². The van der Waals surface area contributed by atoms with Crippen molar-refractivity contribution < 1.29 is 23.2 Å². The molecule has 8 heteroatoms. The molecule has 3 amide bonds. The average molecular weight is 373 g/mol. The standard InChI is InChI=1S/C19H17F2N3O3/c20-14-5-6-15(16(21)9-14)18(26)23-10-12-1-3-13(4-2-12)19(27)24-8-7-22-17(25)11-24/h1-6,9H,7-8,10-11H2,(H,22,25)(H,23,26). The van der Waals surface area contributed by atoms with Gasteiger partial charge in [0, 0.05) is 31.3 Å². The minimum absolute atomic E-state index is 0.0277. The molecule has 0 spiro atoms. The van der Waals surface area contributed by atoms with E-state index in [0.717, 1.165) is 12.1 Å². The quantitative estimate of drug-likeness (QED) is 0.852. The number of amides is 3. The van der Waals surface area contributed by atoms with Crippen molar-refractivity contribution >= 4 is 17.7 Å². The van der Waals surface area contributed by atoms with Gasteiger partial charge in [0.1, 0.15) is 11.6 Å². The maximum absolute atomic E-state index is 13.6. The molecule has 0 radical (unpaired) electrons. The van der Waals surface area contributed by atoms with Gasteiger partial charge in [-0.2, -0.15) is 0 Å². The zero-order valence-electron chi connectivity index (χ0n) is 14.3. The van der Waals surface area contributed by atoms with Crippen LogP contribution in [0.25, 0.3) is 0 Å². The Labute approximate surface area is 154 Å². The van der Waals surface area contributed by atoms with Gasteiger partial charge in [-0.05, 0) is 29.8 Å². The molecule has 140 valence electrons. The number of nitrogens with one attached hydrogen (secondary N) is 2. The van der Waals surface area contributed by atoms with E-state index in [1.54, 1.807) is 24.3 Å². The highest BCUT2D eigenvalue weighted by atomic mass is 19.1. The molecule has 1 saturated heterocycles. The molecule has 2 aromatic rings. The normalized spacial score (nSPS) is 13.9. The summed E-state index contributed by atoms with van der Waals surface area (Å²) in [7, 11) is 0. The van der Waals surface area contributed by atoms with Crippen LogP contribution < -0.4 is 10.6 Å². The van der Waals surface area contributed by atoms with Crippen LogP contribution in [0.2, 0.25) is 0 Å². The lowest BCUT2D eigenvalue weighted by Crippen LogP contribution is -2.49. The van der Waals surface area contributed by atoms with E-state index < -0.39 is 17.5 Å². The van der Waals surface area contributed by atoms with Crippen LogP contribution in [0.4, 0.5) is 8.78 Å². The maximum Gasteiger partial charge on any atom is 0.254 e. The topological polar surface area (TPSA) is 78.5 Å². The van der Waals surface area contributed by atoms with E-state index in [2.05, 4.69) is 10.6 Å². The third-order valence-electron chi connectivity index (χ3n) is 4.16. The van der Waals surface area contributed by atoms with Gasteiger partial charge >= 0.3 is 0 Å². The summed E-state index contributed by atoms with van der Waals surface area (Å²) in [5.74, 6) is -2.78. The Balaban J connectivity index is 1.59. The molecule has 1 fully saturated rings. The molecular weight excluding hydrogens is 356 g/mol. The predicted molar refractivity (Wildman–Crippen MR) is 92.9 cm³/mol. The zero-order valence-corrected chi connectivity index (χ0v) is 14.3. The summed E-state index contributed by atoms with van der Waals surface area (Å²) in [5, 5.41) is 5.20. The first kappa shape index (κ1) is 18.5. The third kappa shape index (κ3) is 4.46. The number of nitrogens with zero attached hydrogens (tertiary/aromatic N) is 1. The Bertz CT molecular complexity index is 884. The molecule has 1 heterocycles. The van der Waals surface area contributed by atoms with Gasteiger partial charge in [-0.25, -0.2) is 8.78 Å². The summed E-state index contributed by atoms with van der Waals surface area (Å²) in [5.41, 5.74) is 0.898. The summed E-state index contributed by atoms with van der Waals surface area (Å²) in [6, 6.07) is 9.28. The number of piperazine rings is 1. The van der Waals surface area contributed by atoms with Crippen molar-refractivity contribution in [2.24, 2.45) is 0 Å². The smallest absolute Gasteiger partial charge is 0.254 e. The minimum atomic E-state index is -0.931. The number of rotatable bonds is 4. The molecule has 1 aliphatic rings. The van der Waals surface area contributed by atoms with Crippen LogP contribution in [0, 0.1) is 11.6 Å². The molecule has 2 N–H and O–H groups in total. The maximum atomic E-state index is 13.6. The second kappa shape index (κ2) is 7.94. The molecule has 0 unspecified atom stereocenters. The Morgan fingerprint density at radius 1 is 1.11 bits per heavy atom. The molecule has 27 heavy (non-hydrogen) atoms. The Morgan fingerprint density at radius 3 is 2.52 bits per heavy atom. The van der Waals surface area contributed by atoms with E-state index in [4.69, 9.17) is 0 Å². The van der Waals surface area contributed by atoms with Crippen molar-refractivity contribution in [3.8, 4) is 0 Å². The van der Waals surface area contributed by atoms with Crippen molar-refractivity contribution in [1.82, 2.24) is 15.5 Å². The van der Waals surface area contributed by atoms with Crippen LogP contribution >= 0.6 is 0 Å². The summed E-state index contributed by atoms with van der Waals surface area (Å²) < 4.78 is 26.5. The van der Waals surface area contributed by atoms with Crippen molar-refractivity contribution in [3.63, 3.8) is 0 Å². The minimum Gasteiger partial charge on any atom is -0.353 e. The van der Waals surface area contributed by atoms with E-state index in [0.29, 0.717) is 30.3 Å². The van der Waals surface area contributed by atoms with Crippen LogP contribution in [-0.2, 0) is 11.3 Å². The van der Waals surface area contributed by atoms with Gasteiger partial charge in [0.2, 0.25) is 5.91 Å². The van der Waals surface area contributed by atoms with E-state index in [-0.39, 0.29) is 30.5 Å². The van der Waals surface area contributed by atoms with Crippen LogP contribution in [0.5, 0.6) is 0 Å². The summed E-state index contributed by atoms with van der Waals surface area (Å²) in [4.78, 5) is 37.2. The van der Waals surface area contributed by atoms with Crippen LogP contribution in [-0.4, -0.2) is 42.3 Å². The number of halogens is 2. The number of benzene rings is 2. The Hall–Kier alpha value is -3.29. The molecule has 0 saturated carbocycles. The van der Waals surface area contributed by atoms with Gasteiger partial charge in [-0.15, -0.1) is 0 Å². The third-order valence-corrected chi connectivity index (χ3v) is 4.16.